The van der Waals surface area contributed by atoms with Gasteiger partial charge in [-0.2, -0.15) is 4.37 Å². The van der Waals surface area contributed by atoms with Crippen LogP contribution in [0.3, 0.4) is 0 Å². The predicted octanol–water partition coefficient (Wildman–Crippen LogP) is 4.62. The van der Waals surface area contributed by atoms with E-state index in [1.165, 1.54) is 11.5 Å². The lowest BCUT2D eigenvalue weighted by Gasteiger charge is -2.07. The maximum Gasteiger partial charge on any atom is 0.164 e. The van der Waals surface area contributed by atoms with Gasteiger partial charge in [-0.1, -0.05) is 29.3 Å². The van der Waals surface area contributed by atoms with Gasteiger partial charge in [0.05, 0.1) is 11.3 Å². The first-order chi connectivity index (χ1) is 9.49. The minimum absolute atomic E-state index is 0.0308. The van der Waals surface area contributed by atoms with Crippen LogP contribution in [0.1, 0.15) is 28.5 Å². The molecule has 1 heterocycles. The van der Waals surface area contributed by atoms with Crippen LogP contribution in [0.15, 0.2) is 18.2 Å². The van der Waals surface area contributed by atoms with Crippen molar-refractivity contribution in [3.8, 4) is 0 Å². The Balaban J connectivity index is 2.01. The van der Waals surface area contributed by atoms with Crippen molar-refractivity contribution in [3.05, 3.63) is 45.1 Å². The maximum atomic E-state index is 11.6. The third-order valence-corrected chi connectivity index (χ3v) is 4.39. The Morgan fingerprint density at radius 3 is 2.80 bits per heavy atom. The van der Waals surface area contributed by atoms with Crippen LogP contribution in [-0.2, 0) is 6.42 Å². The average molecular weight is 329 g/mol. The number of ketones is 1. The largest absolute Gasteiger partial charge is 0.375 e. The molecule has 2 rings (SSSR count). The van der Waals surface area contributed by atoms with E-state index in [1.54, 1.807) is 13.0 Å². The van der Waals surface area contributed by atoms with Gasteiger partial charge in [0.2, 0.25) is 0 Å². The zero-order chi connectivity index (χ0) is 14.7. The molecule has 1 N–H and O–H groups in total. The van der Waals surface area contributed by atoms with E-state index in [0.29, 0.717) is 22.2 Å². The van der Waals surface area contributed by atoms with E-state index < -0.39 is 0 Å². The summed E-state index contributed by atoms with van der Waals surface area (Å²) in [4.78, 5) is 11.6. The molecule has 2 aromatic rings. The molecule has 0 saturated carbocycles. The van der Waals surface area contributed by atoms with Gasteiger partial charge in [-0.25, -0.2) is 0 Å². The SMILES string of the molecule is CC(=O)c1c(C)nsc1NCCc1ccc(Cl)cc1Cl. The number of anilines is 1. The molecule has 1 aromatic carbocycles. The fourth-order valence-corrected chi connectivity index (χ4v) is 3.31. The molecular weight excluding hydrogens is 315 g/mol. The highest BCUT2D eigenvalue weighted by Crippen LogP contribution is 2.25. The van der Waals surface area contributed by atoms with Gasteiger partial charge < -0.3 is 5.32 Å². The average Bonchev–Trinajstić information content (AvgIpc) is 2.73. The molecule has 0 atom stereocenters. The zero-order valence-electron chi connectivity index (χ0n) is 11.2. The number of aryl methyl sites for hydroxylation is 1. The summed E-state index contributed by atoms with van der Waals surface area (Å²) < 4.78 is 4.21. The normalized spacial score (nSPS) is 10.6. The molecule has 0 bridgehead atoms. The van der Waals surface area contributed by atoms with Gasteiger partial charge in [0.1, 0.15) is 5.00 Å². The van der Waals surface area contributed by atoms with Gasteiger partial charge in [0.15, 0.2) is 5.78 Å². The van der Waals surface area contributed by atoms with E-state index in [0.717, 1.165) is 22.7 Å². The van der Waals surface area contributed by atoms with Gasteiger partial charge in [-0.3, -0.25) is 4.79 Å². The van der Waals surface area contributed by atoms with E-state index in [9.17, 15) is 4.79 Å². The standard InChI is InChI=1S/C14H14Cl2N2OS/c1-8-13(9(2)19)14(20-18-8)17-6-5-10-3-4-11(15)7-12(10)16/h3-4,7,17H,5-6H2,1-2H3. The number of Topliss-reactive ketones (excluding diaryl/α,β-unsaturated/α-hetero) is 1. The topological polar surface area (TPSA) is 42.0 Å². The van der Waals surface area contributed by atoms with E-state index in [4.69, 9.17) is 23.2 Å². The monoisotopic (exact) mass is 328 g/mol. The lowest BCUT2D eigenvalue weighted by atomic mass is 10.1. The summed E-state index contributed by atoms with van der Waals surface area (Å²) in [6.45, 7) is 4.08. The van der Waals surface area contributed by atoms with Crippen LogP contribution in [-0.4, -0.2) is 16.7 Å². The minimum Gasteiger partial charge on any atom is -0.375 e. The molecule has 0 unspecified atom stereocenters. The zero-order valence-corrected chi connectivity index (χ0v) is 13.5. The second-order valence-electron chi connectivity index (χ2n) is 4.44. The molecule has 0 spiro atoms. The molecule has 106 valence electrons. The Hall–Kier alpha value is -1.10. The highest BCUT2D eigenvalue weighted by molar-refractivity contribution is 7.10. The molecule has 0 radical (unpaired) electrons. The van der Waals surface area contributed by atoms with Crippen molar-refractivity contribution in [2.24, 2.45) is 0 Å². The summed E-state index contributed by atoms with van der Waals surface area (Å²) in [5.41, 5.74) is 2.47. The number of halogens is 2. The number of benzene rings is 1. The van der Waals surface area contributed by atoms with E-state index in [1.807, 2.05) is 19.1 Å². The number of aromatic nitrogens is 1. The van der Waals surface area contributed by atoms with E-state index in [2.05, 4.69) is 9.69 Å². The molecule has 0 amide bonds. The van der Waals surface area contributed by atoms with Crippen LogP contribution in [0, 0.1) is 6.92 Å². The molecule has 0 saturated heterocycles. The summed E-state index contributed by atoms with van der Waals surface area (Å²) in [6, 6.07) is 5.47. The van der Waals surface area contributed by atoms with Gasteiger partial charge >= 0.3 is 0 Å². The summed E-state index contributed by atoms with van der Waals surface area (Å²) in [7, 11) is 0. The molecular formula is C14H14Cl2N2OS. The highest BCUT2D eigenvalue weighted by atomic mass is 35.5. The van der Waals surface area contributed by atoms with Crippen molar-refractivity contribution in [3.63, 3.8) is 0 Å². The fourth-order valence-electron chi connectivity index (χ4n) is 1.94. The minimum atomic E-state index is 0.0308. The number of carbonyl (C=O) groups is 1. The Morgan fingerprint density at radius 2 is 2.15 bits per heavy atom. The summed E-state index contributed by atoms with van der Waals surface area (Å²) >= 11 is 13.3. The number of carbonyl (C=O) groups excluding carboxylic acids is 1. The molecule has 0 fully saturated rings. The Bertz CT molecular complexity index is 640. The van der Waals surface area contributed by atoms with Gasteiger partial charge in [-0.15, -0.1) is 0 Å². The number of rotatable bonds is 5. The molecule has 0 aliphatic heterocycles. The molecule has 6 heteroatoms. The molecule has 3 nitrogen and oxygen atoms in total. The number of nitrogens with zero attached hydrogens (tertiary/aromatic N) is 1. The molecule has 1 aromatic heterocycles. The first-order valence-corrected chi connectivity index (χ1v) is 7.67. The van der Waals surface area contributed by atoms with Crippen molar-refractivity contribution in [1.82, 2.24) is 4.37 Å². The van der Waals surface area contributed by atoms with Crippen LogP contribution in [0.4, 0.5) is 5.00 Å². The number of hydrogen-bond acceptors (Lipinski definition) is 4. The number of nitrogens with one attached hydrogen (secondary N) is 1. The Kier molecular flexibility index (Phi) is 5.02. The Labute approximate surface area is 132 Å². The van der Waals surface area contributed by atoms with Crippen LogP contribution in [0.25, 0.3) is 0 Å². The van der Waals surface area contributed by atoms with Crippen molar-refractivity contribution >= 4 is 45.5 Å². The summed E-state index contributed by atoms with van der Waals surface area (Å²) in [5.74, 6) is 0.0308. The van der Waals surface area contributed by atoms with Crippen molar-refractivity contribution in [1.29, 1.82) is 0 Å². The quantitative estimate of drug-likeness (QED) is 0.814. The molecule has 0 aliphatic carbocycles. The van der Waals surface area contributed by atoms with Gasteiger partial charge in [0, 0.05) is 16.6 Å². The van der Waals surface area contributed by atoms with Crippen LogP contribution < -0.4 is 5.32 Å². The highest BCUT2D eigenvalue weighted by Gasteiger charge is 2.14. The first-order valence-electron chi connectivity index (χ1n) is 6.14. The third kappa shape index (κ3) is 3.51. The van der Waals surface area contributed by atoms with Crippen molar-refractivity contribution in [2.45, 2.75) is 20.3 Å². The lowest BCUT2D eigenvalue weighted by Crippen LogP contribution is -2.07. The van der Waals surface area contributed by atoms with Crippen molar-refractivity contribution in [2.75, 3.05) is 11.9 Å². The van der Waals surface area contributed by atoms with Crippen LogP contribution in [0.5, 0.6) is 0 Å². The van der Waals surface area contributed by atoms with Gasteiger partial charge in [0.25, 0.3) is 0 Å². The second-order valence-corrected chi connectivity index (χ2v) is 6.06. The molecule has 0 aliphatic rings. The van der Waals surface area contributed by atoms with E-state index >= 15 is 0 Å². The Morgan fingerprint density at radius 1 is 1.40 bits per heavy atom. The third-order valence-electron chi connectivity index (χ3n) is 2.91. The predicted molar refractivity (Wildman–Crippen MR) is 85.5 cm³/mol. The first kappa shape index (κ1) is 15.3. The molecule has 20 heavy (non-hydrogen) atoms. The van der Waals surface area contributed by atoms with E-state index in [-0.39, 0.29) is 5.78 Å². The number of hydrogen-bond donors (Lipinski definition) is 1. The fraction of sp³-hybridized carbons (Fsp3) is 0.286. The lowest BCUT2D eigenvalue weighted by molar-refractivity contribution is 0.101. The van der Waals surface area contributed by atoms with Crippen LogP contribution >= 0.6 is 34.7 Å². The maximum absolute atomic E-state index is 11.6. The summed E-state index contributed by atoms with van der Waals surface area (Å²) in [6.07, 6.45) is 0.754. The second kappa shape index (κ2) is 6.57. The van der Waals surface area contributed by atoms with Gasteiger partial charge in [-0.05, 0) is 49.5 Å². The smallest absolute Gasteiger partial charge is 0.164 e. The summed E-state index contributed by atoms with van der Waals surface area (Å²) in [5, 5.41) is 5.36. The van der Waals surface area contributed by atoms with Crippen molar-refractivity contribution < 1.29 is 4.79 Å². The van der Waals surface area contributed by atoms with Crippen LogP contribution in [0.2, 0.25) is 10.0 Å².